The number of rotatable bonds is 18. The van der Waals surface area contributed by atoms with Crippen molar-refractivity contribution in [1.82, 2.24) is 46.0 Å². The lowest BCUT2D eigenvalue weighted by Gasteiger charge is -2.38. The van der Waals surface area contributed by atoms with Gasteiger partial charge in [0, 0.05) is 67.9 Å². The van der Waals surface area contributed by atoms with E-state index >= 15 is 8.78 Å². The molecule has 2 aromatic carbocycles. The highest BCUT2D eigenvalue weighted by Crippen LogP contribution is 2.42. The van der Waals surface area contributed by atoms with Crippen LogP contribution >= 0.6 is 0 Å². The number of aliphatic hydroxyl groups excluding tert-OH is 1. The summed E-state index contributed by atoms with van der Waals surface area (Å²) in [6, 6.07) is 4.47. The smallest absolute Gasteiger partial charge is 0.407 e. The molecule has 28 heteroatoms. The fourth-order valence-electron chi connectivity index (χ4n) is 7.46. The van der Waals surface area contributed by atoms with Crippen LogP contribution in [-0.2, 0) is 32.1 Å². The van der Waals surface area contributed by atoms with Crippen LogP contribution < -0.4 is 26.3 Å². The molecule has 4 aromatic rings. The molecule has 1 saturated heterocycles. The molecule has 3 heterocycles. The normalized spacial score (nSPS) is 15.1. The first kappa shape index (κ1) is 59.2. The summed E-state index contributed by atoms with van der Waals surface area (Å²) in [7, 11) is 2.49. The summed E-state index contributed by atoms with van der Waals surface area (Å²) in [6.07, 6.45) is -14.5. The number of pyridine rings is 1. The van der Waals surface area contributed by atoms with Crippen molar-refractivity contribution < 1.29 is 82.8 Å². The molecule has 0 bridgehead atoms. The van der Waals surface area contributed by atoms with Crippen LogP contribution in [0.1, 0.15) is 56.5 Å². The number of nitrogens with zero attached hydrogens (tertiary/aromatic N) is 6. The predicted octanol–water partition coefficient (Wildman–Crippen LogP) is 5.76. The van der Waals surface area contributed by atoms with E-state index < -0.39 is 115 Å². The SMILES string of the molecule is COC(=O)NC(C(=O)NC(Cc1ccc(C#Cc2ccc(N3CCN(C)C(=O)C3)nc2)cc1)C(O)CN(Cc1c(F)cc(-c2ccn(C(F)F)n2)cc1F)NC(=O)C(NC(=O)O)C(C)(C)C(F)(F)F)C(C)(C)C(F)(F)F. The van der Waals surface area contributed by atoms with Crippen molar-refractivity contribution >= 4 is 35.7 Å². The van der Waals surface area contributed by atoms with Gasteiger partial charge in [0.1, 0.15) is 29.5 Å². The van der Waals surface area contributed by atoms with Gasteiger partial charge in [-0.25, -0.2) is 33.0 Å². The highest BCUT2D eigenvalue weighted by atomic mass is 19.4. The van der Waals surface area contributed by atoms with Gasteiger partial charge < -0.3 is 40.7 Å². The van der Waals surface area contributed by atoms with Gasteiger partial charge in [-0.2, -0.15) is 40.2 Å². The lowest BCUT2D eigenvalue weighted by atomic mass is 9.82. The van der Waals surface area contributed by atoms with E-state index in [9.17, 15) is 69.3 Å². The van der Waals surface area contributed by atoms with Crippen molar-refractivity contribution in [3.63, 3.8) is 0 Å². The zero-order chi connectivity index (χ0) is 56.7. The Morgan fingerprint density at radius 3 is 1.92 bits per heavy atom. The number of halogens is 10. The molecule has 0 spiro atoms. The number of ether oxygens (including phenoxy) is 1. The van der Waals surface area contributed by atoms with E-state index in [2.05, 4.69) is 32.0 Å². The van der Waals surface area contributed by atoms with Crippen LogP contribution in [0.3, 0.4) is 0 Å². The van der Waals surface area contributed by atoms with Gasteiger partial charge >= 0.3 is 31.1 Å². The molecule has 1 aliphatic rings. The molecule has 6 N–H and O–H groups in total. The second kappa shape index (κ2) is 23.9. The second-order valence-corrected chi connectivity index (χ2v) is 18.6. The van der Waals surface area contributed by atoms with Crippen molar-refractivity contribution in [3.8, 4) is 23.1 Å². The molecule has 1 aliphatic heterocycles. The molecule has 4 unspecified atom stereocenters. The number of hydrogen-bond donors (Lipinski definition) is 6. The molecule has 2 aromatic heterocycles. The summed E-state index contributed by atoms with van der Waals surface area (Å²) >= 11 is 0. The fraction of sp³-hybridized carbons (Fsp3) is 0.438. The molecule has 0 saturated carbocycles. The van der Waals surface area contributed by atoms with Gasteiger partial charge in [0.25, 0.3) is 5.91 Å². The molecular formula is C48H52F10N10O8. The largest absolute Gasteiger partial charge is 0.465 e. The average Bonchev–Trinajstić information content (AvgIpc) is 3.84. The molecule has 18 nitrogen and oxygen atoms in total. The molecule has 5 amide bonds. The number of aromatic nitrogens is 3. The number of carboxylic acid groups (broad SMARTS) is 1. The molecule has 0 radical (unpaired) electrons. The van der Waals surface area contributed by atoms with Crippen molar-refractivity contribution in [2.24, 2.45) is 10.8 Å². The summed E-state index contributed by atoms with van der Waals surface area (Å²) in [6.45, 7) is -2.24. The van der Waals surface area contributed by atoms with E-state index in [0.29, 0.717) is 74.9 Å². The van der Waals surface area contributed by atoms with Crippen LogP contribution in [0.15, 0.2) is 67.0 Å². The summed E-state index contributed by atoms with van der Waals surface area (Å²) in [5, 5.41) is 30.9. The highest BCUT2D eigenvalue weighted by Gasteiger charge is 2.57. The summed E-state index contributed by atoms with van der Waals surface area (Å²) < 4.78 is 149. The molecular weight excluding hydrogens is 1030 g/mol. The molecule has 4 atom stereocenters. The minimum atomic E-state index is -5.29. The zero-order valence-electron chi connectivity index (χ0n) is 41.3. The van der Waals surface area contributed by atoms with Gasteiger partial charge in [0.05, 0.1) is 42.3 Å². The minimum Gasteiger partial charge on any atom is -0.465 e. The third-order valence-corrected chi connectivity index (χ3v) is 12.5. The first-order valence-electron chi connectivity index (χ1n) is 22.7. The number of hydrazine groups is 1. The van der Waals surface area contributed by atoms with Crippen LogP contribution in [0.2, 0.25) is 0 Å². The van der Waals surface area contributed by atoms with Crippen molar-refractivity contribution in [2.75, 3.05) is 45.2 Å². The lowest BCUT2D eigenvalue weighted by Crippen LogP contribution is -2.63. The Bertz CT molecular complexity index is 2780. The van der Waals surface area contributed by atoms with Crippen LogP contribution in [-0.4, -0.2) is 142 Å². The Balaban J connectivity index is 1.52. The van der Waals surface area contributed by atoms with E-state index in [4.69, 9.17) is 0 Å². The number of methoxy groups -OCH3 is 1. The number of anilines is 1. The molecule has 412 valence electrons. The van der Waals surface area contributed by atoms with E-state index in [0.717, 1.165) is 19.4 Å². The maximum atomic E-state index is 15.9. The van der Waals surface area contributed by atoms with Crippen LogP contribution in [0, 0.1) is 34.3 Å². The average molecular weight is 1090 g/mol. The van der Waals surface area contributed by atoms with Gasteiger partial charge in [0.2, 0.25) is 11.8 Å². The number of piperazine rings is 1. The number of nitrogens with one attached hydrogen (secondary N) is 4. The molecule has 0 aliphatic carbocycles. The lowest BCUT2D eigenvalue weighted by molar-refractivity contribution is -0.221. The number of amides is 5. The minimum absolute atomic E-state index is 0.0756. The van der Waals surface area contributed by atoms with Crippen molar-refractivity contribution in [3.05, 3.63) is 101 Å². The van der Waals surface area contributed by atoms with Gasteiger partial charge in [-0.1, -0.05) is 24.0 Å². The monoisotopic (exact) mass is 1090 g/mol. The maximum absolute atomic E-state index is 15.9. The number of likely N-dealkylation sites (N-methyl/N-ethyl adjacent to an activating group) is 1. The first-order chi connectivity index (χ1) is 35.3. The Hall–Kier alpha value is -7.67. The van der Waals surface area contributed by atoms with Gasteiger partial charge in [0.15, 0.2) is 0 Å². The van der Waals surface area contributed by atoms with Gasteiger partial charge in [-0.15, -0.1) is 0 Å². The summed E-state index contributed by atoms with van der Waals surface area (Å²) in [5.41, 5.74) is -4.92. The number of hydrogen-bond acceptors (Lipinski definition) is 11. The summed E-state index contributed by atoms with van der Waals surface area (Å²) in [4.78, 5) is 71.8. The molecule has 5 rings (SSSR count). The van der Waals surface area contributed by atoms with E-state index in [1.54, 1.807) is 29.0 Å². The van der Waals surface area contributed by atoms with Crippen LogP contribution in [0.4, 0.5) is 59.3 Å². The number of aliphatic hydroxyl groups is 1. The Morgan fingerprint density at radius 1 is 0.829 bits per heavy atom. The second-order valence-electron chi connectivity index (χ2n) is 18.6. The topological polar surface area (TPSA) is 224 Å². The third-order valence-electron chi connectivity index (χ3n) is 12.5. The quantitative estimate of drug-likeness (QED) is 0.0398. The Labute approximate surface area is 427 Å². The first-order valence-corrected chi connectivity index (χ1v) is 22.7. The summed E-state index contributed by atoms with van der Waals surface area (Å²) in [5.74, 6) is 0.0347. The van der Waals surface area contributed by atoms with Crippen LogP contribution in [0.5, 0.6) is 0 Å². The standard InChI is InChI=1S/C48H52F10N10O8/c1-45(2,47(53,54)55)38(62-44(75)76-6)40(71)60-34(19-27-10-7-26(8-11-27)9-12-28-13-14-36(59-22-28)66-18-17-65(5)37(70)25-66)35(69)24-67(64-41(72)39(61-43(73)74)46(3,4)48(56,57)58)23-30-31(49)20-29(21-32(30)50)33-15-16-68(63-33)42(51)52/h7-8,10-11,13-16,20-22,34-35,38-39,42,61,69H,17-19,23-25H2,1-6H3,(H,60,71)(H,62,75)(H,64,72)(H,73,74). The van der Waals surface area contributed by atoms with E-state index in [1.165, 1.54) is 35.8 Å². The number of carbonyl (C=O) groups excluding carboxylic acids is 4. The maximum Gasteiger partial charge on any atom is 0.407 e. The predicted molar refractivity (Wildman–Crippen MR) is 249 cm³/mol. The fourth-order valence-corrected chi connectivity index (χ4v) is 7.46. The number of alkyl halides is 8. The number of carbonyl (C=O) groups is 5. The van der Waals surface area contributed by atoms with Crippen molar-refractivity contribution in [2.45, 2.75) is 83.8 Å². The zero-order valence-corrected chi connectivity index (χ0v) is 41.3. The molecule has 76 heavy (non-hydrogen) atoms. The van der Waals surface area contributed by atoms with Gasteiger partial charge in [-0.05, 0) is 82.1 Å². The number of alkyl carbamates (subject to hydrolysis) is 1. The van der Waals surface area contributed by atoms with Crippen LogP contribution in [0.25, 0.3) is 11.3 Å². The van der Waals surface area contributed by atoms with Crippen molar-refractivity contribution in [1.29, 1.82) is 0 Å². The Kier molecular flexibility index (Phi) is 18.6. The van der Waals surface area contributed by atoms with Gasteiger partial charge in [-0.3, -0.25) is 19.8 Å². The third kappa shape index (κ3) is 14.6. The number of benzene rings is 2. The molecule has 1 fully saturated rings. The highest BCUT2D eigenvalue weighted by molar-refractivity contribution is 5.87. The van der Waals surface area contributed by atoms with E-state index in [-0.39, 0.29) is 34.0 Å². The van der Waals surface area contributed by atoms with E-state index in [1.807, 2.05) is 10.7 Å². The Morgan fingerprint density at radius 2 is 1.41 bits per heavy atom.